The van der Waals surface area contributed by atoms with E-state index in [2.05, 4.69) is 31.0 Å². The summed E-state index contributed by atoms with van der Waals surface area (Å²) in [6, 6.07) is 0. The second-order valence-electron chi connectivity index (χ2n) is 7.53. The molecule has 0 bridgehead atoms. The number of primary amides is 1. The summed E-state index contributed by atoms with van der Waals surface area (Å²) < 4.78 is 0. The fraction of sp³-hybridized carbons (Fsp3) is 0.938. The number of likely N-dealkylation sites (N-methyl/N-ethyl adjacent to an activating group) is 1. The van der Waals surface area contributed by atoms with Crippen LogP contribution in [0, 0.1) is 11.3 Å². The standard InChI is InChI=1S/C16H33N3O/c1-15(2,3)13-7-11-19(12-8-13)10-6-9-16(4,18-5)14(17)20/h13,18H,6-12H2,1-5H3,(H2,17,20). The summed E-state index contributed by atoms with van der Waals surface area (Å²) in [5, 5.41) is 3.05. The summed E-state index contributed by atoms with van der Waals surface area (Å²) in [5.74, 6) is 0.582. The molecule has 0 aromatic rings. The largest absolute Gasteiger partial charge is 0.368 e. The molecular weight excluding hydrogens is 250 g/mol. The van der Waals surface area contributed by atoms with Crippen molar-refractivity contribution < 1.29 is 4.79 Å². The topological polar surface area (TPSA) is 58.4 Å². The molecule has 20 heavy (non-hydrogen) atoms. The van der Waals surface area contributed by atoms with Gasteiger partial charge in [0.1, 0.15) is 0 Å². The van der Waals surface area contributed by atoms with E-state index in [9.17, 15) is 4.79 Å². The van der Waals surface area contributed by atoms with Crippen molar-refractivity contribution in [3.8, 4) is 0 Å². The molecule has 3 N–H and O–H groups in total. The Balaban J connectivity index is 2.30. The van der Waals surface area contributed by atoms with Crippen LogP contribution in [0.2, 0.25) is 0 Å². The van der Waals surface area contributed by atoms with Crippen LogP contribution in [0.5, 0.6) is 0 Å². The predicted octanol–water partition coefficient (Wildman–Crippen LogP) is 1.99. The van der Waals surface area contributed by atoms with Gasteiger partial charge in [-0.2, -0.15) is 0 Å². The van der Waals surface area contributed by atoms with Crippen molar-refractivity contribution in [2.75, 3.05) is 26.7 Å². The van der Waals surface area contributed by atoms with Crippen LogP contribution < -0.4 is 11.1 Å². The molecule has 0 aliphatic carbocycles. The third kappa shape index (κ3) is 4.74. The zero-order valence-corrected chi connectivity index (χ0v) is 14.0. The van der Waals surface area contributed by atoms with Gasteiger partial charge in [0.15, 0.2) is 0 Å². The maximum atomic E-state index is 11.4. The minimum Gasteiger partial charge on any atom is -0.368 e. The molecule has 1 fully saturated rings. The van der Waals surface area contributed by atoms with Crippen LogP contribution in [0.1, 0.15) is 53.4 Å². The molecule has 1 aliphatic heterocycles. The molecule has 4 nitrogen and oxygen atoms in total. The zero-order valence-electron chi connectivity index (χ0n) is 14.0. The average Bonchev–Trinajstić information content (AvgIpc) is 2.37. The zero-order chi connectivity index (χ0) is 15.4. The molecule has 0 spiro atoms. The van der Waals surface area contributed by atoms with Crippen LogP contribution in [-0.2, 0) is 4.79 Å². The molecular formula is C16H33N3O. The number of nitrogens with one attached hydrogen (secondary N) is 1. The average molecular weight is 283 g/mol. The fourth-order valence-electron chi connectivity index (χ4n) is 3.05. The first-order chi connectivity index (χ1) is 9.19. The quantitative estimate of drug-likeness (QED) is 0.784. The van der Waals surface area contributed by atoms with Gasteiger partial charge in [0.05, 0.1) is 5.54 Å². The molecule has 4 heteroatoms. The minimum atomic E-state index is -0.566. The van der Waals surface area contributed by atoms with Crippen molar-refractivity contribution in [3.63, 3.8) is 0 Å². The molecule has 1 atom stereocenters. The lowest BCUT2D eigenvalue weighted by molar-refractivity contribution is -0.123. The monoisotopic (exact) mass is 283 g/mol. The third-order valence-corrected chi connectivity index (χ3v) is 5.06. The maximum Gasteiger partial charge on any atom is 0.237 e. The van der Waals surface area contributed by atoms with Crippen LogP contribution >= 0.6 is 0 Å². The molecule has 118 valence electrons. The molecule has 0 aromatic heterocycles. The summed E-state index contributed by atoms with van der Waals surface area (Å²) in [4.78, 5) is 14.0. The normalized spacial score (nSPS) is 21.6. The number of carbonyl (C=O) groups excluding carboxylic acids is 1. The lowest BCUT2D eigenvalue weighted by atomic mass is 9.75. The van der Waals surface area contributed by atoms with E-state index in [1.807, 2.05) is 6.92 Å². The first kappa shape index (κ1) is 17.4. The smallest absolute Gasteiger partial charge is 0.237 e. The molecule has 0 saturated carbocycles. The van der Waals surface area contributed by atoms with Crippen molar-refractivity contribution in [3.05, 3.63) is 0 Å². The molecule has 1 amide bonds. The molecule has 1 aliphatic rings. The number of rotatable bonds is 6. The number of likely N-dealkylation sites (tertiary alicyclic amines) is 1. The Hall–Kier alpha value is -0.610. The molecule has 0 aromatic carbocycles. The number of amides is 1. The van der Waals surface area contributed by atoms with Gasteiger partial charge in [0, 0.05) is 0 Å². The van der Waals surface area contributed by atoms with Gasteiger partial charge in [0.2, 0.25) is 5.91 Å². The molecule has 1 rings (SSSR count). The molecule has 1 unspecified atom stereocenters. The highest BCUT2D eigenvalue weighted by atomic mass is 16.1. The lowest BCUT2D eigenvalue weighted by Gasteiger charge is -2.39. The Morgan fingerprint density at radius 1 is 1.25 bits per heavy atom. The van der Waals surface area contributed by atoms with Gasteiger partial charge in [0.25, 0.3) is 0 Å². The van der Waals surface area contributed by atoms with Crippen molar-refractivity contribution in [1.82, 2.24) is 10.2 Å². The summed E-state index contributed by atoms with van der Waals surface area (Å²) in [5.41, 5.74) is 5.32. The van der Waals surface area contributed by atoms with Gasteiger partial charge in [-0.05, 0) is 70.6 Å². The highest BCUT2D eigenvalue weighted by molar-refractivity contribution is 5.84. The van der Waals surface area contributed by atoms with Gasteiger partial charge in [-0.25, -0.2) is 0 Å². The van der Waals surface area contributed by atoms with Crippen molar-refractivity contribution >= 4 is 5.91 Å². The number of carbonyl (C=O) groups is 1. The SMILES string of the molecule is CNC(C)(CCCN1CCC(C(C)(C)C)CC1)C(N)=O. The number of piperidine rings is 1. The van der Waals surface area contributed by atoms with E-state index in [1.165, 1.54) is 25.9 Å². The van der Waals surface area contributed by atoms with Crippen molar-refractivity contribution in [2.45, 2.75) is 58.9 Å². The van der Waals surface area contributed by atoms with Crippen molar-refractivity contribution in [1.29, 1.82) is 0 Å². The molecule has 0 radical (unpaired) electrons. The van der Waals surface area contributed by atoms with E-state index >= 15 is 0 Å². The molecule has 1 saturated heterocycles. The number of hydrogen-bond donors (Lipinski definition) is 2. The van der Waals surface area contributed by atoms with Crippen LogP contribution in [0.3, 0.4) is 0 Å². The van der Waals surface area contributed by atoms with E-state index in [0.29, 0.717) is 5.41 Å². The van der Waals surface area contributed by atoms with Gasteiger partial charge < -0.3 is 16.0 Å². The number of hydrogen-bond acceptors (Lipinski definition) is 3. The van der Waals surface area contributed by atoms with Crippen LogP contribution in [-0.4, -0.2) is 43.0 Å². The number of nitrogens with two attached hydrogens (primary N) is 1. The van der Waals surface area contributed by atoms with Crippen LogP contribution in [0.4, 0.5) is 0 Å². The lowest BCUT2D eigenvalue weighted by Crippen LogP contribution is -2.51. The Kier molecular flexibility index (Phi) is 6.02. The maximum absolute atomic E-state index is 11.4. The second-order valence-corrected chi connectivity index (χ2v) is 7.53. The Labute approximate surface area is 124 Å². The second kappa shape index (κ2) is 6.90. The van der Waals surface area contributed by atoms with Gasteiger partial charge in [-0.3, -0.25) is 4.79 Å². The van der Waals surface area contributed by atoms with E-state index < -0.39 is 5.54 Å². The van der Waals surface area contributed by atoms with Crippen LogP contribution in [0.15, 0.2) is 0 Å². The van der Waals surface area contributed by atoms with Crippen LogP contribution in [0.25, 0.3) is 0 Å². The Bertz CT molecular complexity index is 316. The summed E-state index contributed by atoms with van der Waals surface area (Å²) in [6.45, 7) is 12.4. The van der Waals surface area contributed by atoms with E-state index in [4.69, 9.17) is 5.73 Å². The first-order valence-electron chi connectivity index (χ1n) is 7.90. The highest BCUT2D eigenvalue weighted by Gasteiger charge is 2.30. The third-order valence-electron chi connectivity index (χ3n) is 5.06. The Morgan fingerprint density at radius 2 is 1.80 bits per heavy atom. The fourth-order valence-corrected chi connectivity index (χ4v) is 3.05. The van der Waals surface area contributed by atoms with Gasteiger partial charge in [-0.1, -0.05) is 20.8 Å². The van der Waals surface area contributed by atoms with E-state index in [-0.39, 0.29) is 5.91 Å². The number of nitrogens with zero attached hydrogens (tertiary/aromatic N) is 1. The minimum absolute atomic E-state index is 0.258. The summed E-state index contributed by atoms with van der Waals surface area (Å²) >= 11 is 0. The van der Waals surface area contributed by atoms with E-state index in [1.54, 1.807) is 7.05 Å². The van der Waals surface area contributed by atoms with E-state index in [0.717, 1.165) is 25.3 Å². The highest BCUT2D eigenvalue weighted by Crippen LogP contribution is 2.34. The molecule has 1 heterocycles. The van der Waals surface area contributed by atoms with Crippen molar-refractivity contribution in [2.24, 2.45) is 17.1 Å². The summed E-state index contributed by atoms with van der Waals surface area (Å²) in [7, 11) is 1.81. The predicted molar refractivity (Wildman–Crippen MR) is 84.5 cm³/mol. The van der Waals surface area contributed by atoms with Gasteiger partial charge in [-0.15, -0.1) is 0 Å². The van der Waals surface area contributed by atoms with Gasteiger partial charge >= 0.3 is 0 Å². The summed E-state index contributed by atoms with van der Waals surface area (Å²) in [6.07, 6.45) is 4.41. The Morgan fingerprint density at radius 3 is 2.20 bits per heavy atom. The first-order valence-corrected chi connectivity index (χ1v) is 7.90.